The molecule has 0 aliphatic rings. The largest absolute Gasteiger partial charge is 0.316 e. The molecule has 1 heterocycles. The zero-order valence-corrected chi connectivity index (χ0v) is 8.77. The van der Waals surface area contributed by atoms with Crippen LogP contribution in [0.1, 0.15) is 5.56 Å². The number of pyridine rings is 1. The number of fused-ring (bicyclic) bond motifs is 1. The Morgan fingerprint density at radius 2 is 2.27 bits per heavy atom. The van der Waals surface area contributed by atoms with E-state index in [1.807, 2.05) is 19.3 Å². The molecule has 1 aromatic heterocycles. The summed E-state index contributed by atoms with van der Waals surface area (Å²) in [6, 6.07) is 10.3. The predicted octanol–water partition coefficient (Wildman–Crippen LogP) is 2.47. The Morgan fingerprint density at radius 3 is 3.13 bits per heavy atom. The quantitative estimate of drug-likeness (QED) is 0.819. The Hall–Kier alpha value is -1.67. The Kier molecular flexibility index (Phi) is 3.10. The van der Waals surface area contributed by atoms with Crippen molar-refractivity contribution in [2.24, 2.45) is 0 Å². The van der Waals surface area contributed by atoms with Crippen molar-refractivity contribution in [2.45, 2.75) is 0 Å². The molecule has 0 bridgehead atoms. The Balaban J connectivity index is 2.30. The van der Waals surface area contributed by atoms with Crippen LogP contribution in [0.4, 0.5) is 0 Å². The van der Waals surface area contributed by atoms with Gasteiger partial charge < -0.3 is 5.32 Å². The number of aromatic nitrogens is 1. The van der Waals surface area contributed by atoms with Gasteiger partial charge in [0.15, 0.2) is 0 Å². The van der Waals surface area contributed by atoms with Crippen molar-refractivity contribution >= 4 is 17.0 Å². The highest BCUT2D eigenvalue weighted by molar-refractivity contribution is 5.80. The lowest BCUT2D eigenvalue weighted by atomic mass is 10.1. The maximum Gasteiger partial charge on any atom is 0.0707 e. The van der Waals surface area contributed by atoms with Gasteiger partial charge in [0.2, 0.25) is 0 Å². The maximum atomic E-state index is 4.32. The van der Waals surface area contributed by atoms with Gasteiger partial charge in [0.1, 0.15) is 0 Å². The number of hydrogen-bond donors (Lipinski definition) is 1. The highest BCUT2D eigenvalue weighted by atomic mass is 14.8. The van der Waals surface area contributed by atoms with Gasteiger partial charge in [0.05, 0.1) is 5.52 Å². The first-order chi connectivity index (χ1) is 7.40. The van der Waals surface area contributed by atoms with Gasteiger partial charge in [-0.25, -0.2) is 0 Å². The summed E-state index contributed by atoms with van der Waals surface area (Å²) in [5.74, 6) is 0. The summed E-state index contributed by atoms with van der Waals surface area (Å²) in [7, 11) is 1.94. The van der Waals surface area contributed by atoms with Crippen molar-refractivity contribution in [1.82, 2.24) is 10.3 Å². The van der Waals surface area contributed by atoms with Crippen LogP contribution in [0.3, 0.4) is 0 Å². The Bertz CT molecular complexity index is 475. The maximum absolute atomic E-state index is 4.32. The van der Waals surface area contributed by atoms with E-state index in [9.17, 15) is 0 Å². The van der Waals surface area contributed by atoms with Crippen molar-refractivity contribution in [3.05, 3.63) is 48.2 Å². The van der Waals surface area contributed by atoms with Crippen molar-refractivity contribution in [3.63, 3.8) is 0 Å². The summed E-state index contributed by atoms with van der Waals surface area (Å²) in [6.07, 6.45) is 6.03. The zero-order valence-electron chi connectivity index (χ0n) is 8.77. The number of nitrogens with zero attached hydrogens (tertiary/aromatic N) is 1. The molecule has 0 spiro atoms. The predicted molar refractivity (Wildman–Crippen MR) is 64.7 cm³/mol. The van der Waals surface area contributed by atoms with Crippen molar-refractivity contribution in [2.75, 3.05) is 13.6 Å². The van der Waals surface area contributed by atoms with Gasteiger partial charge in [-0.05, 0) is 24.7 Å². The third-order valence-corrected chi connectivity index (χ3v) is 2.26. The highest BCUT2D eigenvalue weighted by Gasteiger charge is 1.93. The van der Waals surface area contributed by atoms with Gasteiger partial charge in [-0.1, -0.05) is 30.4 Å². The Morgan fingerprint density at radius 1 is 1.33 bits per heavy atom. The van der Waals surface area contributed by atoms with E-state index in [0.717, 1.165) is 12.1 Å². The van der Waals surface area contributed by atoms with E-state index in [2.05, 4.69) is 46.7 Å². The summed E-state index contributed by atoms with van der Waals surface area (Å²) in [5, 5.41) is 4.26. The molecule has 76 valence electrons. The van der Waals surface area contributed by atoms with Gasteiger partial charge in [-0.2, -0.15) is 0 Å². The first-order valence-corrected chi connectivity index (χ1v) is 5.06. The Labute approximate surface area is 89.7 Å². The smallest absolute Gasteiger partial charge is 0.0707 e. The van der Waals surface area contributed by atoms with E-state index in [1.54, 1.807) is 0 Å². The average Bonchev–Trinajstić information content (AvgIpc) is 2.29. The second kappa shape index (κ2) is 4.71. The average molecular weight is 198 g/mol. The molecule has 2 heteroatoms. The summed E-state index contributed by atoms with van der Waals surface area (Å²) >= 11 is 0. The molecule has 0 saturated heterocycles. The molecule has 0 aliphatic heterocycles. The van der Waals surface area contributed by atoms with Crippen LogP contribution in [0, 0.1) is 0 Å². The van der Waals surface area contributed by atoms with Gasteiger partial charge in [-0.15, -0.1) is 0 Å². The molecule has 0 aliphatic carbocycles. The summed E-state index contributed by atoms with van der Waals surface area (Å²) < 4.78 is 0. The minimum absolute atomic E-state index is 0.889. The third kappa shape index (κ3) is 2.42. The van der Waals surface area contributed by atoms with Crippen LogP contribution in [0.25, 0.3) is 17.0 Å². The molecule has 0 fully saturated rings. The molecule has 0 saturated carbocycles. The topological polar surface area (TPSA) is 24.9 Å². The molecule has 0 unspecified atom stereocenters. The van der Waals surface area contributed by atoms with Crippen LogP contribution in [-0.4, -0.2) is 18.6 Å². The summed E-state index contributed by atoms with van der Waals surface area (Å²) in [6.45, 7) is 0.889. The SMILES string of the molecule is CNCC=Cc1ccc2cccnc2c1. The van der Waals surface area contributed by atoms with E-state index in [-0.39, 0.29) is 0 Å². The van der Waals surface area contributed by atoms with Gasteiger partial charge >= 0.3 is 0 Å². The minimum atomic E-state index is 0.889. The van der Waals surface area contributed by atoms with Crippen molar-refractivity contribution in [3.8, 4) is 0 Å². The van der Waals surface area contributed by atoms with E-state index >= 15 is 0 Å². The summed E-state index contributed by atoms with van der Waals surface area (Å²) in [4.78, 5) is 4.32. The van der Waals surface area contributed by atoms with Gasteiger partial charge in [0.25, 0.3) is 0 Å². The summed E-state index contributed by atoms with van der Waals surface area (Å²) in [5.41, 5.74) is 2.24. The molecule has 15 heavy (non-hydrogen) atoms. The molecule has 1 N–H and O–H groups in total. The van der Waals surface area contributed by atoms with E-state index in [4.69, 9.17) is 0 Å². The molecule has 1 aromatic carbocycles. The lowest BCUT2D eigenvalue weighted by Gasteiger charge is -1.98. The van der Waals surface area contributed by atoms with E-state index in [0.29, 0.717) is 0 Å². The molecule has 0 atom stereocenters. The number of rotatable bonds is 3. The first kappa shape index (κ1) is 9.87. The lowest BCUT2D eigenvalue weighted by Crippen LogP contribution is -2.03. The fourth-order valence-corrected chi connectivity index (χ4v) is 1.50. The number of likely N-dealkylation sites (N-methyl/N-ethyl adjacent to an activating group) is 1. The van der Waals surface area contributed by atoms with Crippen LogP contribution in [0.2, 0.25) is 0 Å². The fraction of sp³-hybridized carbons (Fsp3) is 0.154. The number of nitrogens with one attached hydrogen (secondary N) is 1. The lowest BCUT2D eigenvalue weighted by molar-refractivity contribution is 0.922. The fourth-order valence-electron chi connectivity index (χ4n) is 1.50. The van der Waals surface area contributed by atoms with Crippen LogP contribution in [-0.2, 0) is 0 Å². The highest BCUT2D eigenvalue weighted by Crippen LogP contribution is 2.13. The molecule has 2 aromatic rings. The third-order valence-electron chi connectivity index (χ3n) is 2.26. The molecule has 2 nitrogen and oxygen atoms in total. The molecule has 0 amide bonds. The van der Waals surface area contributed by atoms with Crippen LogP contribution in [0.5, 0.6) is 0 Å². The number of benzene rings is 1. The second-order valence-corrected chi connectivity index (χ2v) is 3.42. The van der Waals surface area contributed by atoms with Gasteiger partial charge in [-0.3, -0.25) is 4.98 Å². The van der Waals surface area contributed by atoms with Crippen molar-refractivity contribution in [1.29, 1.82) is 0 Å². The first-order valence-electron chi connectivity index (χ1n) is 5.06. The minimum Gasteiger partial charge on any atom is -0.316 e. The monoisotopic (exact) mass is 198 g/mol. The molecule has 2 rings (SSSR count). The van der Waals surface area contributed by atoms with E-state index in [1.165, 1.54) is 10.9 Å². The van der Waals surface area contributed by atoms with Crippen LogP contribution in [0.15, 0.2) is 42.6 Å². The standard InChI is InChI=1S/C13H14N2/c1-14-8-2-4-11-6-7-12-5-3-9-15-13(12)10-11/h2-7,9-10,14H,8H2,1H3. The molecular weight excluding hydrogens is 184 g/mol. The molecule has 0 radical (unpaired) electrons. The second-order valence-electron chi connectivity index (χ2n) is 3.42. The molecular formula is C13H14N2. The van der Waals surface area contributed by atoms with Crippen LogP contribution >= 0.6 is 0 Å². The normalized spacial score (nSPS) is 11.3. The van der Waals surface area contributed by atoms with E-state index < -0.39 is 0 Å². The van der Waals surface area contributed by atoms with Crippen molar-refractivity contribution < 1.29 is 0 Å². The van der Waals surface area contributed by atoms with Gasteiger partial charge in [0, 0.05) is 18.1 Å². The number of hydrogen-bond acceptors (Lipinski definition) is 2. The zero-order chi connectivity index (χ0) is 10.5. The van der Waals surface area contributed by atoms with Crippen LogP contribution < -0.4 is 5.32 Å².